The van der Waals surface area contributed by atoms with E-state index in [1.807, 2.05) is 0 Å². The molecule has 1 N–H and O–H groups in total. The fourth-order valence-electron chi connectivity index (χ4n) is 2.62. The minimum atomic E-state index is -0.0308. The van der Waals surface area contributed by atoms with E-state index >= 15 is 0 Å². The van der Waals surface area contributed by atoms with Gasteiger partial charge in [0.15, 0.2) is 0 Å². The maximum absolute atomic E-state index is 6.21. The van der Waals surface area contributed by atoms with E-state index in [0.717, 1.165) is 24.3 Å². The third-order valence-corrected chi connectivity index (χ3v) is 4.50. The number of furan rings is 1. The van der Waals surface area contributed by atoms with Gasteiger partial charge >= 0.3 is 0 Å². The summed E-state index contributed by atoms with van der Waals surface area (Å²) in [5.41, 5.74) is 2.16. The minimum Gasteiger partial charge on any atom is -0.459 e. The summed E-state index contributed by atoms with van der Waals surface area (Å²) in [6, 6.07) is 8.65. The summed E-state index contributed by atoms with van der Waals surface area (Å²) in [7, 11) is 4.24. The molecular formula is C18H28N2O. The van der Waals surface area contributed by atoms with E-state index in [1.165, 1.54) is 10.9 Å². The van der Waals surface area contributed by atoms with Crippen molar-refractivity contribution in [1.82, 2.24) is 10.2 Å². The van der Waals surface area contributed by atoms with E-state index in [1.54, 1.807) is 0 Å². The van der Waals surface area contributed by atoms with E-state index in [0.29, 0.717) is 0 Å². The smallest absolute Gasteiger partial charge is 0.137 e. The van der Waals surface area contributed by atoms with Crippen molar-refractivity contribution < 1.29 is 4.42 Å². The first-order chi connectivity index (χ1) is 9.87. The lowest BCUT2D eigenvalue weighted by Gasteiger charge is -2.39. The highest BCUT2D eigenvalue weighted by atomic mass is 16.3. The number of nitrogens with one attached hydrogen (secondary N) is 1. The summed E-state index contributed by atoms with van der Waals surface area (Å²) in [5, 5.41) is 4.84. The molecule has 0 aliphatic rings. The molecule has 0 saturated carbocycles. The van der Waals surface area contributed by atoms with Crippen molar-refractivity contribution in [2.45, 2.75) is 45.7 Å². The van der Waals surface area contributed by atoms with Crippen LogP contribution in [0, 0.1) is 6.92 Å². The van der Waals surface area contributed by atoms with Crippen LogP contribution >= 0.6 is 0 Å². The molecule has 1 atom stereocenters. The number of para-hydroxylation sites is 1. The number of likely N-dealkylation sites (N-methyl/N-ethyl adjacent to an activating group) is 1. The number of hydrogen-bond donors (Lipinski definition) is 1. The minimum absolute atomic E-state index is 0.0308. The first-order valence-corrected chi connectivity index (χ1v) is 7.77. The lowest BCUT2D eigenvalue weighted by molar-refractivity contribution is 0.126. The molecule has 0 amide bonds. The summed E-state index contributed by atoms with van der Waals surface area (Å²) in [4.78, 5) is 2.25. The number of nitrogens with zero attached hydrogens (tertiary/aromatic N) is 1. The van der Waals surface area contributed by atoms with Gasteiger partial charge in [-0.3, -0.25) is 0 Å². The molecular weight excluding hydrogens is 260 g/mol. The van der Waals surface area contributed by atoms with E-state index in [4.69, 9.17) is 4.42 Å². The molecule has 0 bridgehead atoms. The Balaban J connectivity index is 2.45. The van der Waals surface area contributed by atoms with Crippen LogP contribution in [0.25, 0.3) is 11.0 Å². The maximum Gasteiger partial charge on any atom is 0.137 e. The van der Waals surface area contributed by atoms with Crippen LogP contribution in [0.2, 0.25) is 0 Å². The first-order valence-electron chi connectivity index (χ1n) is 7.77. The third-order valence-electron chi connectivity index (χ3n) is 4.50. The Hall–Kier alpha value is -1.32. The Kier molecular flexibility index (Phi) is 4.74. The van der Waals surface area contributed by atoms with E-state index < -0.39 is 0 Å². The molecule has 0 spiro atoms. The van der Waals surface area contributed by atoms with E-state index in [9.17, 15) is 0 Å². The molecule has 0 aliphatic heterocycles. The molecule has 1 heterocycles. The number of benzene rings is 1. The SMILES string of the molecule is CCCNC(c1cc2cccc(C)c2o1)C(C)(C)N(C)C. The van der Waals surface area contributed by atoms with Gasteiger partial charge in [-0.25, -0.2) is 0 Å². The van der Waals surface area contributed by atoms with Crippen molar-refractivity contribution in [3.8, 4) is 0 Å². The van der Waals surface area contributed by atoms with Gasteiger partial charge in [0.25, 0.3) is 0 Å². The second-order valence-electron chi connectivity index (χ2n) is 6.58. The lowest BCUT2D eigenvalue weighted by atomic mass is 9.91. The van der Waals surface area contributed by atoms with Crippen LogP contribution < -0.4 is 5.32 Å². The summed E-state index contributed by atoms with van der Waals surface area (Å²) in [5.74, 6) is 1.02. The van der Waals surface area contributed by atoms with Crippen LogP contribution in [0.1, 0.15) is 44.6 Å². The van der Waals surface area contributed by atoms with Crippen LogP contribution in [0.15, 0.2) is 28.7 Å². The molecule has 0 fully saturated rings. The van der Waals surface area contributed by atoms with Gasteiger partial charge in [-0.1, -0.05) is 25.1 Å². The predicted molar refractivity (Wildman–Crippen MR) is 89.8 cm³/mol. The van der Waals surface area contributed by atoms with Crippen molar-refractivity contribution in [2.24, 2.45) is 0 Å². The third kappa shape index (κ3) is 3.14. The van der Waals surface area contributed by atoms with Gasteiger partial charge in [-0.05, 0) is 59.5 Å². The Morgan fingerprint density at radius 2 is 2.00 bits per heavy atom. The zero-order chi connectivity index (χ0) is 15.6. The molecule has 1 aromatic carbocycles. The van der Waals surface area contributed by atoms with Crippen molar-refractivity contribution in [3.63, 3.8) is 0 Å². The molecule has 1 aromatic heterocycles. The van der Waals surface area contributed by atoms with Crippen molar-refractivity contribution >= 4 is 11.0 Å². The lowest BCUT2D eigenvalue weighted by Crippen LogP contribution is -2.49. The second-order valence-corrected chi connectivity index (χ2v) is 6.58. The van der Waals surface area contributed by atoms with Gasteiger partial charge in [0, 0.05) is 10.9 Å². The number of aryl methyl sites for hydroxylation is 1. The highest BCUT2D eigenvalue weighted by molar-refractivity contribution is 5.81. The predicted octanol–water partition coefficient (Wildman–Crippen LogP) is 4.12. The number of rotatable bonds is 6. The van der Waals surface area contributed by atoms with Gasteiger partial charge in [-0.15, -0.1) is 0 Å². The average molecular weight is 288 g/mol. The van der Waals surface area contributed by atoms with Crippen molar-refractivity contribution in [3.05, 3.63) is 35.6 Å². The Morgan fingerprint density at radius 1 is 1.29 bits per heavy atom. The molecule has 3 heteroatoms. The van der Waals surface area contributed by atoms with Gasteiger partial charge in [0.2, 0.25) is 0 Å². The zero-order valence-electron chi connectivity index (χ0n) is 14.2. The molecule has 2 rings (SSSR count). The molecule has 0 saturated heterocycles. The van der Waals surface area contributed by atoms with Crippen molar-refractivity contribution in [1.29, 1.82) is 0 Å². The quantitative estimate of drug-likeness (QED) is 0.866. The molecule has 116 valence electrons. The Labute approximate surface area is 128 Å². The standard InChI is InChI=1S/C18H28N2O/c1-7-11-19-17(18(3,4)20(5)6)15-12-14-10-8-9-13(2)16(14)21-15/h8-10,12,17,19H,7,11H2,1-6H3. The van der Waals surface area contributed by atoms with Crippen LogP contribution in [0.4, 0.5) is 0 Å². The zero-order valence-corrected chi connectivity index (χ0v) is 14.2. The summed E-state index contributed by atoms with van der Waals surface area (Å²) < 4.78 is 6.21. The summed E-state index contributed by atoms with van der Waals surface area (Å²) >= 11 is 0. The Morgan fingerprint density at radius 3 is 2.57 bits per heavy atom. The number of fused-ring (bicyclic) bond motifs is 1. The fraction of sp³-hybridized carbons (Fsp3) is 0.556. The molecule has 3 nitrogen and oxygen atoms in total. The van der Waals surface area contributed by atoms with Gasteiger partial charge in [0.05, 0.1) is 6.04 Å². The molecule has 21 heavy (non-hydrogen) atoms. The van der Waals surface area contributed by atoms with E-state index in [-0.39, 0.29) is 11.6 Å². The van der Waals surface area contributed by atoms with Crippen LogP contribution in [-0.4, -0.2) is 31.1 Å². The van der Waals surface area contributed by atoms with Gasteiger partial charge in [-0.2, -0.15) is 0 Å². The Bertz CT molecular complexity index is 598. The molecule has 0 radical (unpaired) electrons. The van der Waals surface area contributed by atoms with Crippen LogP contribution in [0.3, 0.4) is 0 Å². The van der Waals surface area contributed by atoms with E-state index in [2.05, 4.69) is 76.3 Å². The van der Waals surface area contributed by atoms with Crippen LogP contribution in [-0.2, 0) is 0 Å². The maximum atomic E-state index is 6.21. The highest BCUT2D eigenvalue weighted by Crippen LogP contribution is 2.34. The summed E-state index contributed by atoms with van der Waals surface area (Å²) in [6.07, 6.45) is 1.11. The topological polar surface area (TPSA) is 28.4 Å². The summed E-state index contributed by atoms with van der Waals surface area (Å²) in [6.45, 7) is 9.77. The van der Waals surface area contributed by atoms with Gasteiger partial charge < -0.3 is 14.6 Å². The molecule has 1 unspecified atom stereocenters. The monoisotopic (exact) mass is 288 g/mol. The highest BCUT2D eigenvalue weighted by Gasteiger charge is 2.34. The molecule has 0 aliphatic carbocycles. The first kappa shape index (κ1) is 16.1. The van der Waals surface area contributed by atoms with Crippen molar-refractivity contribution in [2.75, 3.05) is 20.6 Å². The van der Waals surface area contributed by atoms with Gasteiger partial charge in [0.1, 0.15) is 11.3 Å². The largest absolute Gasteiger partial charge is 0.459 e. The second kappa shape index (κ2) is 6.20. The van der Waals surface area contributed by atoms with Crippen LogP contribution in [0.5, 0.6) is 0 Å². The average Bonchev–Trinajstić information content (AvgIpc) is 2.84. The number of hydrogen-bond acceptors (Lipinski definition) is 3. The fourth-order valence-corrected chi connectivity index (χ4v) is 2.62. The molecule has 2 aromatic rings. The normalized spacial score (nSPS) is 14.0.